The fourth-order valence-electron chi connectivity index (χ4n) is 1.18. The lowest BCUT2D eigenvalue weighted by Crippen LogP contribution is -2.14. The molecule has 8 nitrogen and oxygen atoms in total. The Hall–Kier alpha value is -2.03. The average molecular weight is 268 g/mol. The molecule has 0 saturated carbocycles. The minimum absolute atomic E-state index is 0.186. The van der Waals surface area contributed by atoms with Gasteiger partial charge in [0, 0.05) is 13.1 Å². The number of nitrogen functional groups attached to an aromatic ring is 1. The van der Waals surface area contributed by atoms with Crippen molar-refractivity contribution >= 4 is 29.5 Å². The van der Waals surface area contributed by atoms with Gasteiger partial charge in [-0.3, -0.25) is 14.7 Å². The van der Waals surface area contributed by atoms with Gasteiger partial charge in [-0.1, -0.05) is 16.9 Å². The second-order valence-electron chi connectivity index (χ2n) is 3.57. The standard InChI is InChI=1S/C9H12N6O2S/c1-5-3-7(17-14-5)11-6(16)4-18-9-13-12-8(10)15(9)2/h3H,4H2,1-2H3,(H2,10,12)(H,11,16). The van der Waals surface area contributed by atoms with Gasteiger partial charge < -0.3 is 10.3 Å². The summed E-state index contributed by atoms with van der Waals surface area (Å²) in [5.41, 5.74) is 6.23. The zero-order valence-corrected chi connectivity index (χ0v) is 10.7. The number of carbonyl (C=O) groups is 1. The van der Waals surface area contributed by atoms with Crippen molar-refractivity contribution in [2.75, 3.05) is 16.8 Å². The first kappa shape index (κ1) is 12.4. The monoisotopic (exact) mass is 268 g/mol. The molecule has 0 aromatic carbocycles. The van der Waals surface area contributed by atoms with Crippen LogP contribution in [0.1, 0.15) is 5.69 Å². The third-order valence-corrected chi connectivity index (χ3v) is 3.11. The van der Waals surface area contributed by atoms with Gasteiger partial charge in [-0.05, 0) is 6.92 Å². The highest BCUT2D eigenvalue weighted by Crippen LogP contribution is 2.17. The highest BCUT2D eigenvalue weighted by molar-refractivity contribution is 7.99. The van der Waals surface area contributed by atoms with Crippen LogP contribution in [0.5, 0.6) is 0 Å². The van der Waals surface area contributed by atoms with Gasteiger partial charge in [-0.2, -0.15) is 0 Å². The fourth-order valence-corrected chi connectivity index (χ4v) is 1.90. The molecule has 18 heavy (non-hydrogen) atoms. The van der Waals surface area contributed by atoms with Gasteiger partial charge in [-0.25, -0.2) is 0 Å². The molecule has 0 unspecified atom stereocenters. The van der Waals surface area contributed by atoms with E-state index in [-0.39, 0.29) is 11.7 Å². The highest BCUT2D eigenvalue weighted by atomic mass is 32.2. The Morgan fingerprint density at radius 2 is 2.39 bits per heavy atom. The summed E-state index contributed by atoms with van der Waals surface area (Å²) in [6.07, 6.45) is 0. The van der Waals surface area contributed by atoms with Crippen LogP contribution >= 0.6 is 11.8 Å². The molecule has 3 N–H and O–H groups in total. The van der Waals surface area contributed by atoms with E-state index in [4.69, 9.17) is 10.3 Å². The Balaban J connectivity index is 1.87. The largest absolute Gasteiger partial charge is 0.368 e. The number of hydrogen-bond acceptors (Lipinski definition) is 7. The second-order valence-corrected chi connectivity index (χ2v) is 4.51. The van der Waals surface area contributed by atoms with Crippen molar-refractivity contribution in [2.45, 2.75) is 12.1 Å². The van der Waals surface area contributed by atoms with Gasteiger partial charge in [0.15, 0.2) is 5.16 Å². The molecule has 0 atom stereocenters. The third kappa shape index (κ3) is 2.80. The van der Waals surface area contributed by atoms with Gasteiger partial charge in [0.1, 0.15) is 0 Å². The van der Waals surface area contributed by atoms with E-state index in [1.165, 1.54) is 11.8 Å². The van der Waals surface area contributed by atoms with E-state index in [9.17, 15) is 4.79 Å². The number of amides is 1. The Kier molecular flexibility index (Phi) is 3.51. The molecular weight excluding hydrogens is 256 g/mol. The molecule has 2 aromatic rings. The molecule has 0 aliphatic rings. The molecule has 0 aliphatic heterocycles. The summed E-state index contributed by atoms with van der Waals surface area (Å²) in [7, 11) is 1.73. The fraction of sp³-hybridized carbons (Fsp3) is 0.333. The molecule has 2 heterocycles. The molecule has 9 heteroatoms. The summed E-state index contributed by atoms with van der Waals surface area (Å²) in [5, 5.41) is 14.4. The second kappa shape index (κ2) is 5.08. The molecule has 96 valence electrons. The van der Waals surface area contributed by atoms with E-state index in [0.717, 1.165) is 0 Å². The van der Waals surface area contributed by atoms with Crippen molar-refractivity contribution in [1.29, 1.82) is 0 Å². The first-order valence-electron chi connectivity index (χ1n) is 5.07. The van der Waals surface area contributed by atoms with Crippen LogP contribution < -0.4 is 11.1 Å². The number of thioether (sulfide) groups is 1. The van der Waals surface area contributed by atoms with Crippen molar-refractivity contribution in [3.05, 3.63) is 11.8 Å². The van der Waals surface area contributed by atoms with Gasteiger partial charge >= 0.3 is 0 Å². The predicted molar refractivity (Wildman–Crippen MR) is 66.0 cm³/mol. The van der Waals surface area contributed by atoms with Gasteiger partial charge in [0.25, 0.3) is 0 Å². The number of nitrogens with two attached hydrogens (primary N) is 1. The molecular formula is C9H12N6O2S. The van der Waals surface area contributed by atoms with Crippen molar-refractivity contribution in [2.24, 2.45) is 7.05 Å². The lowest BCUT2D eigenvalue weighted by molar-refractivity contribution is -0.113. The maximum absolute atomic E-state index is 11.6. The van der Waals surface area contributed by atoms with E-state index in [2.05, 4.69) is 20.7 Å². The molecule has 0 aliphatic carbocycles. The molecule has 0 bridgehead atoms. The lowest BCUT2D eigenvalue weighted by atomic mass is 10.5. The topological polar surface area (TPSA) is 112 Å². The summed E-state index contributed by atoms with van der Waals surface area (Å²) in [6, 6.07) is 1.64. The van der Waals surface area contributed by atoms with E-state index in [1.54, 1.807) is 24.6 Å². The molecule has 1 amide bonds. The zero-order valence-electron chi connectivity index (χ0n) is 9.88. The van der Waals surface area contributed by atoms with Crippen LogP contribution in [0, 0.1) is 6.92 Å². The van der Waals surface area contributed by atoms with Crippen LogP contribution in [0.3, 0.4) is 0 Å². The third-order valence-electron chi connectivity index (χ3n) is 2.09. The number of nitrogens with zero attached hydrogens (tertiary/aromatic N) is 4. The summed E-state index contributed by atoms with van der Waals surface area (Å²) < 4.78 is 6.48. The SMILES string of the molecule is Cc1cc(NC(=O)CSc2nnc(N)n2C)on1. The quantitative estimate of drug-likeness (QED) is 0.773. The summed E-state index contributed by atoms with van der Waals surface area (Å²) >= 11 is 1.24. The first-order chi connectivity index (χ1) is 8.56. The molecule has 0 radical (unpaired) electrons. The number of carbonyl (C=O) groups excluding carboxylic acids is 1. The minimum Gasteiger partial charge on any atom is -0.368 e. The van der Waals surface area contributed by atoms with E-state index >= 15 is 0 Å². The minimum atomic E-state index is -0.210. The van der Waals surface area contributed by atoms with Gasteiger partial charge in [0.2, 0.25) is 17.7 Å². The number of hydrogen-bond donors (Lipinski definition) is 2. The van der Waals surface area contributed by atoms with E-state index in [0.29, 0.717) is 22.7 Å². The smallest absolute Gasteiger partial charge is 0.237 e. The van der Waals surface area contributed by atoms with E-state index in [1.807, 2.05) is 0 Å². The van der Waals surface area contributed by atoms with Gasteiger partial charge in [0.05, 0.1) is 11.4 Å². The van der Waals surface area contributed by atoms with Crippen molar-refractivity contribution in [3.8, 4) is 0 Å². The molecule has 0 saturated heterocycles. The number of aryl methyl sites for hydroxylation is 1. The van der Waals surface area contributed by atoms with Crippen molar-refractivity contribution in [1.82, 2.24) is 19.9 Å². The summed E-state index contributed by atoms with van der Waals surface area (Å²) in [6.45, 7) is 1.77. The highest BCUT2D eigenvalue weighted by Gasteiger charge is 2.11. The zero-order chi connectivity index (χ0) is 13.1. The number of nitrogens with one attached hydrogen (secondary N) is 1. The Labute approximate surface area is 107 Å². The van der Waals surface area contributed by atoms with E-state index < -0.39 is 0 Å². The normalized spacial score (nSPS) is 10.6. The maximum atomic E-state index is 11.6. The number of aromatic nitrogens is 4. The van der Waals surface area contributed by atoms with Crippen LogP contribution in [0.2, 0.25) is 0 Å². The summed E-state index contributed by atoms with van der Waals surface area (Å²) in [5.74, 6) is 0.614. The Bertz CT molecular complexity index is 563. The number of anilines is 2. The van der Waals surface area contributed by atoms with Gasteiger partial charge in [-0.15, -0.1) is 10.2 Å². The molecule has 2 rings (SSSR count). The Morgan fingerprint density at radius 1 is 1.61 bits per heavy atom. The number of rotatable bonds is 4. The van der Waals surface area contributed by atoms with Crippen LogP contribution in [0.25, 0.3) is 0 Å². The maximum Gasteiger partial charge on any atom is 0.237 e. The Morgan fingerprint density at radius 3 is 2.94 bits per heavy atom. The average Bonchev–Trinajstić information content (AvgIpc) is 2.86. The van der Waals surface area contributed by atoms with Crippen LogP contribution in [-0.2, 0) is 11.8 Å². The molecule has 0 spiro atoms. The van der Waals surface area contributed by atoms with Crippen LogP contribution in [-0.4, -0.2) is 31.6 Å². The van der Waals surface area contributed by atoms with Crippen LogP contribution in [0.15, 0.2) is 15.7 Å². The first-order valence-corrected chi connectivity index (χ1v) is 6.05. The lowest BCUT2D eigenvalue weighted by Gasteiger charge is -2.01. The molecule has 0 fully saturated rings. The van der Waals surface area contributed by atoms with Crippen molar-refractivity contribution in [3.63, 3.8) is 0 Å². The predicted octanol–water partition coefficient (Wildman–Crippen LogP) is 0.425. The summed E-state index contributed by atoms with van der Waals surface area (Å²) in [4.78, 5) is 11.6. The molecule has 2 aromatic heterocycles. The van der Waals surface area contributed by atoms with Crippen molar-refractivity contribution < 1.29 is 9.32 Å². The van der Waals surface area contributed by atoms with Crippen LogP contribution in [0.4, 0.5) is 11.8 Å².